The smallest absolute Gasteiger partial charge is 0.0766 e. The highest BCUT2D eigenvalue weighted by Gasteiger charge is 1.93. The standard InChI is InChI=1S/C10H23N/c1-4-5-6-7-8-9-10-11(2)3/h4-10H2,1-3H3/p+1. The second kappa shape index (κ2) is 8.06. The van der Waals surface area contributed by atoms with Crippen LogP contribution in [0.25, 0.3) is 0 Å². The van der Waals surface area contributed by atoms with Gasteiger partial charge in [-0.2, -0.15) is 0 Å². The molecule has 0 aliphatic heterocycles. The molecule has 0 radical (unpaired) electrons. The number of hydrogen-bond donors (Lipinski definition) is 1. The Hall–Kier alpha value is -0.0400. The fourth-order valence-electron chi connectivity index (χ4n) is 1.26. The van der Waals surface area contributed by atoms with E-state index in [0.717, 1.165) is 0 Å². The van der Waals surface area contributed by atoms with Crippen LogP contribution in [-0.2, 0) is 0 Å². The minimum Gasteiger partial charge on any atom is -0.340 e. The Kier molecular flexibility index (Phi) is 8.03. The zero-order chi connectivity index (χ0) is 8.53. The van der Waals surface area contributed by atoms with E-state index in [9.17, 15) is 0 Å². The molecule has 0 atom stereocenters. The Morgan fingerprint density at radius 2 is 1.36 bits per heavy atom. The normalized spacial score (nSPS) is 10.9. The summed E-state index contributed by atoms with van der Waals surface area (Å²) >= 11 is 0. The van der Waals surface area contributed by atoms with E-state index in [-0.39, 0.29) is 0 Å². The summed E-state index contributed by atoms with van der Waals surface area (Å²) < 4.78 is 0. The number of rotatable bonds is 7. The van der Waals surface area contributed by atoms with Gasteiger partial charge in [0.1, 0.15) is 0 Å². The summed E-state index contributed by atoms with van der Waals surface area (Å²) in [6, 6.07) is 0. The number of unbranched alkanes of at least 4 members (excludes halogenated alkanes) is 5. The monoisotopic (exact) mass is 158 g/mol. The summed E-state index contributed by atoms with van der Waals surface area (Å²) in [4.78, 5) is 1.58. The molecule has 0 aromatic heterocycles. The first-order valence-corrected chi connectivity index (χ1v) is 5.06. The van der Waals surface area contributed by atoms with Crippen molar-refractivity contribution in [2.45, 2.75) is 45.4 Å². The van der Waals surface area contributed by atoms with Crippen LogP contribution >= 0.6 is 0 Å². The molecule has 0 aliphatic carbocycles. The van der Waals surface area contributed by atoms with Crippen molar-refractivity contribution in [1.29, 1.82) is 0 Å². The first kappa shape index (κ1) is 11.0. The molecular weight excluding hydrogens is 134 g/mol. The third-order valence-corrected chi connectivity index (χ3v) is 2.03. The molecule has 0 saturated heterocycles. The van der Waals surface area contributed by atoms with Crippen molar-refractivity contribution in [3.05, 3.63) is 0 Å². The highest BCUT2D eigenvalue weighted by Crippen LogP contribution is 2.03. The summed E-state index contributed by atoms with van der Waals surface area (Å²) in [5, 5.41) is 0. The number of quaternary nitrogens is 1. The predicted octanol–water partition coefficient (Wildman–Crippen LogP) is 1.49. The first-order valence-electron chi connectivity index (χ1n) is 5.06. The van der Waals surface area contributed by atoms with Gasteiger partial charge in [-0.3, -0.25) is 0 Å². The number of hydrogen-bond acceptors (Lipinski definition) is 0. The van der Waals surface area contributed by atoms with E-state index in [1.54, 1.807) is 4.90 Å². The molecule has 1 N–H and O–H groups in total. The third-order valence-electron chi connectivity index (χ3n) is 2.03. The third kappa shape index (κ3) is 9.96. The maximum absolute atomic E-state index is 2.27. The molecule has 0 heterocycles. The lowest BCUT2D eigenvalue weighted by atomic mass is 10.1. The van der Waals surface area contributed by atoms with E-state index in [1.165, 1.54) is 45.1 Å². The second-order valence-electron chi connectivity index (χ2n) is 3.72. The van der Waals surface area contributed by atoms with Crippen molar-refractivity contribution < 1.29 is 4.90 Å². The summed E-state index contributed by atoms with van der Waals surface area (Å²) in [6.07, 6.45) is 8.52. The van der Waals surface area contributed by atoms with Gasteiger partial charge in [0.25, 0.3) is 0 Å². The van der Waals surface area contributed by atoms with Crippen molar-refractivity contribution >= 4 is 0 Å². The van der Waals surface area contributed by atoms with E-state index in [4.69, 9.17) is 0 Å². The number of nitrogens with one attached hydrogen (secondary N) is 1. The molecule has 68 valence electrons. The van der Waals surface area contributed by atoms with Crippen molar-refractivity contribution in [3.63, 3.8) is 0 Å². The van der Waals surface area contributed by atoms with Crippen molar-refractivity contribution in [2.75, 3.05) is 20.6 Å². The van der Waals surface area contributed by atoms with Crippen LogP contribution in [0.4, 0.5) is 0 Å². The average molecular weight is 158 g/mol. The van der Waals surface area contributed by atoms with Crippen LogP contribution in [0.3, 0.4) is 0 Å². The first-order chi connectivity index (χ1) is 5.27. The Morgan fingerprint density at radius 1 is 0.818 bits per heavy atom. The largest absolute Gasteiger partial charge is 0.340 e. The molecular formula is C10H24N+. The van der Waals surface area contributed by atoms with E-state index < -0.39 is 0 Å². The predicted molar refractivity (Wildman–Crippen MR) is 51.1 cm³/mol. The maximum atomic E-state index is 2.27. The molecule has 0 rings (SSSR count). The molecule has 11 heavy (non-hydrogen) atoms. The Balaban J connectivity index is 2.80. The molecule has 0 aromatic carbocycles. The Labute approximate surface area is 71.8 Å². The van der Waals surface area contributed by atoms with Crippen LogP contribution in [0.5, 0.6) is 0 Å². The van der Waals surface area contributed by atoms with Crippen molar-refractivity contribution in [2.24, 2.45) is 0 Å². The maximum Gasteiger partial charge on any atom is 0.0766 e. The minimum absolute atomic E-state index is 1.34. The zero-order valence-corrected chi connectivity index (χ0v) is 8.45. The molecule has 0 amide bonds. The van der Waals surface area contributed by atoms with Crippen LogP contribution in [0.2, 0.25) is 0 Å². The van der Waals surface area contributed by atoms with Crippen LogP contribution in [0.15, 0.2) is 0 Å². The van der Waals surface area contributed by atoms with E-state index in [2.05, 4.69) is 21.0 Å². The average Bonchev–Trinajstić information content (AvgIpc) is 1.96. The minimum atomic E-state index is 1.34. The van der Waals surface area contributed by atoms with Gasteiger partial charge < -0.3 is 4.90 Å². The molecule has 0 fully saturated rings. The molecule has 1 nitrogen and oxygen atoms in total. The van der Waals surface area contributed by atoms with Gasteiger partial charge in [-0.15, -0.1) is 0 Å². The van der Waals surface area contributed by atoms with Crippen LogP contribution < -0.4 is 4.90 Å². The van der Waals surface area contributed by atoms with Gasteiger partial charge in [0.15, 0.2) is 0 Å². The lowest BCUT2D eigenvalue weighted by Gasteiger charge is -2.05. The van der Waals surface area contributed by atoms with Crippen molar-refractivity contribution in [3.8, 4) is 0 Å². The molecule has 0 aliphatic rings. The van der Waals surface area contributed by atoms with Gasteiger partial charge in [-0.25, -0.2) is 0 Å². The quantitative estimate of drug-likeness (QED) is 0.535. The highest BCUT2D eigenvalue weighted by atomic mass is 15.0. The van der Waals surface area contributed by atoms with Gasteiger partial charge >= 0.3 is 0 Å². The van der Waals surface area contributed by atoms with Crippen LogP contribution in [0, 0.1) is 0 Å². The van der Waals surface area contributed by atoms with Crippen LogP contribution in [0.1, 0.15) is 45.4 Å². The zero-order valence-electron chi connectivity index (χ0n) is 8.45. The second-order valence-corrected chi connectivity index (χ2v) is 3.72. The summed E-state index contributed by atoms with van der Waals surface area (Å²) in [5.41, 5.74) is 0. The van der Waals surface area contributed by atoms with E-state index in [1.807, 2.05) is 0 Å². The molecule has 0 unspecified atom stereocenters. The summed E-state index contributed by atoms with van der Waals surface area (Å²) in [7, 11) is 4.46. The lowest BCUT2D eigenvalue weighted by Crippen LogP contribution is -3.05. The van der Waals surface area contributed by atoms with Gasteiger partial charge in [0.05, 0.1) is 20.6 Å². The molecule has 0 aromatic rings. The molecule has 0 saturated carbocycles. The molecule has 0 spiro atoms. The molecule has 0 bridgehead atoms. The van der Waals surface area contributed by atoms with Gasteiger partial charge in [0, 0.05) is 0 Å². The van der Waals surface area contributed by atoms with Gasteiger partial charge in [-0.05, 0) is 12.8 Å². The van der Waals surface area contributed by atoms with E-state index in [0.29, 0.717) is 0 Å². The summed E-state index contributed by atoms with van der Waals surface area (Å²) in [6.45, 7) is 3.61. The Morgan fingerprint density at radius 3 is 1.91 bits per heavy atom. The SMILES string of the molecule is CCCCCCCC[NH+](C)C. The van der Waals surface area contributed by atoms with Crippen molar-refractivity contribution in [1.82, 2.24) is 0 Å². The molecule has 1 heteroatoms. The van der Waals surface area contributed by atoms with Crippen LogP contribution in [-0.4, -0.2) is 20.6 Å². The highest BCUT2D eigenvalue weighted by molar-refractivity contribution is 4.41. The van der Waals surface area contributed by atoms with Gasteiger partial charge in [0.2, 0.25) is 0 Å². The Bertz CT molecular complexity index is 69.3. The fraction of sp³-hybridized carbons (Fsp3) is 1.00. The van der Waals surface area contributed by atoms with Gasteiger partial charge in [-0.1, -0.05) is 32.6 Å². The topological polar surface area (TPSA) is 4.44 Å². The fourth-order valence-corrected chi connectivity index (χ4v) is 1.26. The summed E-state index contributed by atoms with van der Waals surface area (Å²) in [5.74, 6) is 0. The lowest BCUT2D eigenvalue weighted by molar-refractivity contribution is -0.858. The van der Waals surface area contributed by atoms with E-state index >= 15 is 0 Å².